The van der Waals surface area contributed by atoms with E-state index in [9.17, 15) is 0 Å². The maximum absolute atomic E-state index is 8.44. The summed E-state index contributed by atoms with van der Waals surface area (Å²) in [6.07, 6.45) is 1.32. The van der Waals surface area contributed by atoms with E-state index in [1.807, 2.05) is 6.92 Å². The molecular formula is C10H13NO3. The van der Waals surface area contributed by atoms with Crippen LogP contribution in [0.4, 0.5) is 0 Å². The van der Waals surface area contributed by atoms with Crippen molar-refractivity contribution < 1.29 is 14.7 Å². The number of nitrogens with zero attached hydrogens (tertiary/aromatic N) is 1. The molecule has 0 saturated carbocycles. The summed E-state index contributed by atoms with van der Waals surface area (Å²) in [6.45, 7) is 1.88. The van der Waals surface area contributed by atoms with Crippen LogP contribution in [0, 0.1) is 6.92 Å². The van der Waals surface area contributed by atoms with Crippen molar-refractivity contribution in [2.75, 3.05) is 14.2 Å². The normalized spacial score (nSPS) is 10.5. The first-order valence-electron chi connectivity index (χ1n) is 4.13. The van der Waals surface area contributed by atoms with Crippen molar-refractivity contribution in [2.24, 2.45) is 5.16 Å². The molecular weight excluding hydrogens is 182 g/mol. The number of hydrogen-bond acceptors (Lipinski definition) is 4. The Morgan fingerprint density at radius 1 is 1.29 bits per heavy atom. The molecule has 1 rings (SSSR count). The Bertz CT molecular complexity index is 347. The van der Waals surface area contributed by atoms with Crippen molar-refractivity contribution in [3.8, 4) is 11.5 Å². The Morgan fingerprint density at radius 3 is 2.50 bits per heavy atom. The molecule has 1 aromatic carbocycles. The lowest BCUT2D eigenvalue weighted by Gasteiger charge is -2.11. The fourth-order valence-corrected chi connectivity index (χ4v) is 1.35. The summed E-state index contributed by atoms with van der Waals surface area (Å²) < 4.78 is 10.3. The van der Waals surface area contributed by atoms with Crippen molar-refractivity contribution in [2.45, 2.75) is 6.92 Å². The molecule has 0 spiro atoms. The van der Waals surface area contributed by atoms with Gasteiger partial charge in [-0.3, -0.25) is 0 Å². The quantitative estimate of drug-likeness (QED) is 0.454. The summed E-state index contributed by atoms with van der Waals surface area (Å²) in [5, 5.41) is 11.4. The molecule has 0 aliphatic carbocycles. The third kappa shape index (κ3) is 1.79. The number of ether oxygens (including phenoxy) is 2. The van der Waals surface area contributed by atoms with Gasteiger partial charge in [-0.1, -0.05) is 5.16 Å². The lowest BCUT2D eigenvalue weighted by atomic mass is 10.1. The fourth-order valence-electron chi connectivity index (χ4n) is 1.35. The van der Waals surface area contributed by atoms with Crippen LogP contribution in [0.15, 0.2) is 17.3 Å². The van der Waals surface area contributed by atoms with Gasteiger partial charge in [0, 0.05) is 11.1 Å². The third-order valence-electron chi connectivity index (χ3n) is 2.01. The molecule has 76 valence electrons. The highest BCUT2D eigenvalue weighted by atomic mass is 16.5. The molecule has 4 heteroatoms. The minimum atomic E-state index is 0.655. The molecule has 0 aliphatic heterocycles. The van der Waals surface area contributed by atoms with Crippen LogP contribution in [0.3, 0.4) is 0 Å². The van der Waals surface area contributed by atoms with Gasteiger partial charge in [0.15, 0.2) is 0 Å². The summed E-state index contributed by atoms with van der Waals surface area (Å²) in [6, 6.07) is 3.57. The number of rotatable bonds is 3. The van der Waals surface area contributed by atoms with Gasteiger partial charge in [-0.05, 0) is 19.1 Å². The van der Waals surface area contributed by atoms with Crippen LogP contribution >= 0.6 is 0 Å². The monoisotopic (exact) mass is 195 g/mol. The van der Waals surface area contributed by atoms with Gasteiger partial charge < -0.3 is 14.7 Å². The zero-order valence-corrected chi connectivity index (χ0v) is 8.44. The van der Waals surface area contributed by atoms with E-state index in [-0.39, 0.29) is 0 Å². The number of oxime groups is 1. The van der Waals surface area contributed by atoms with Crippen molar-refractivity contribution in [3.05, 3.63) is 23.3 Å². The predicted octanol–water partition coefficient (Wildman–Crippen LogP) is 1.82. The number of methoxy groups -OCH3 is 2. The van der Waals surface area contributed by atoms with E-state index in [1.54, 1.807) is 26.4 Å². The second kappa shape index (κ2) is 4.50. The molecule has 0 aliphatic rings. The van der Waals surface area contributed by atoms with Crippen LogP contribution in [0.5, 0.6) is 11.5 Å². The molecule has 0 amide bonds. The topological polar surface area (TPSA) is 51.0 Å². The Balaban J connectivity index is 3.28. The number of hydrogen-bond donors (Lipinski definition) is 1. The van der Waals surface area contributed by atoms with Gasteiger partial charge in [0.25, 0.3) is 0 Å². The molecule has 0 unspecified atom stereocenters. The summed E-state index contributed by atoms with van der Waals surface area (Å²) in [7, 11) is 3.16. The first-order valence-corrected chi connectivity index (χ1v) is 4.13. The maximum Gasteiger partial charge on any atom is 0.134 e. The molecule has 0 saturated heterocycles. The average molecular weight is 195 g/mol. The molecule has 1 N–H and O–H groups in total. The second-order valence-corrected chi connectivity index (χ2v) is 2.76. The second-order valence-electron chi connectivity index (χ2n) is 2.76. The van der Waals surface area contributed by atoms with Crippen LogP contribution in [-0.4, -0.2) is 25.6 Å². The summed E-state index contributed by atoms with van der Waals surface area (Å²) in [5.41, 5.74) is 1.60. The molecule has 0 bridgehead atoms. The van der Waals surface area contributed by atoms with Crippen LogP contribution in [0.2, 0.25) is 0 Å². The smallest absolute Gasteiger partial charge is 0.134 e. The molecule has 14 heavy (non-hydrogen) atoms. The third-order valence-corrected chi connectivity index (χ3v) is 2.01. The predicted molar refractivity (Wildman–Crippen MR) is 53.7 cm³/mol. The molecule has 0 heterocycles. The maximum atomic E-state index is 8.44. The van der Waals surface area contributed by atoms with E-state index in [2.05, 4.69) is 5.16 Å². The van der Waals surface area contributed by atoms with E-state index in [1.165, 1.54) is 6.21 Å². The average Bonchev–Trinajstić information content (AvgIpc) is 2.19. The summed E-state index contributed by atoms with van der Waals surface area (Å²) in [4.78, 5) is 0. The van der Waals surface area contributed by atoms with Gasteiger partial charge in [-0.2, -0.15) is 0 Å². The van der Waals surface area contributed by atoms with E-state index in [4.69, 9.17) is 14.7 Å². The van der Waals surface area contributed by atoms with E-state index < -0.39 is 0 Å². The Labute approximate surface area is 82.8 Å². The molecule has 4 nitrogen and oxygen atoms in total. The first-order chi connectivity index (χ1) is 6.74. The Hall–Kier alpha value is -1.71. The standard InChI is InChI=1S/C10H13NO3/c1-7-9(13-2)5-4-8(6-11-12)10(7)14-3/h4-6,12H,1-3H3. The zero-order chi connectivity index (χ0) is 10.6. The van der Waals surface area contributed by atoms with Crippen LogP contribution in [0.25, 0.3) is 0 Å². The SMILES string of the molecule is COc1ccc(C=NO)c(OC)c1C. The van der Waals surface area contributed by atoms with Crippen LogP contribution in [0.1, 0.15) is 11.1 Å². The number of benzene rings is 1. The molecule has 0 aromatic heterocycles. The first kappa shape index (κ1) is 10.4. The zero-order valence-electron chi connectivity index (χ0n) is 8.44. The fraction of sp³-hybridized carbons (Fsp3) is 0.300. The van der Waals surface area contributed by atoms with Gasteiger partial charge in [0.05, 0.1) is 20.4 Å². The van der Waals surface area contributed by atoms with E-state index >= 15 is 0 Å². The Kier molecular flexibility index (Phi) is 3.34. The van der Waals surface area contributed by atoms with Gasteiger partial charge in [0.2, 0.25) is 0 Å². The minimum absolute atomic E-state index is 0.655. The van der Waals surface area contributed by atoms with Crippen LogP contribution in [-0.2, 0) is 0 Å². The van der Waals surface area contributed by atoms with Gasteiger partial charge in [0.1, 0.15) is 11.5 Å². The highest BCUT2D eigenvalue weighted by Crippen LogP contribution is 2.30. The molecule has 0 atom stereocenters. The Morgan fingerprint density at radius 2 is 2.00 bits per heavy atom. The van der Waals surface area contributed by atoms with Crippen molar-refractivity contribution >= 4 is 6.21 Å². The van der Waals surface area contributed by atoms with Gasteiger partial charge in [-0.15, -0.1) is 0 Å². The lowest BCUT2D eigenvalue weighted by Crippen LogP contribution is -1.96. The highest BCUT2D eigenvalue weighted by molar-refractivity contribution is 5.84. The largest absolute Gasteiger partial charge is 0.496 e. The van der Waals surface area contributed by atoms with Crippen molar-refractivity contribution in [1.82, 2.24) is 0 Å². The highest BCUT2D eigenvalue weighted by Gasteiger charge is 2.09. The molecule has 0 radical (unpaired) electrons. The van der Waals surface area contributed by atoms with Crippen molar-refractivity contribution in [3.63, 3.8) is 0 Å². The van der Waals surface area contributed by atoms with E-state index in [0.717, 1.165) is 11.3 Å². The van der Waals surface area contributed by atoms with Gasteiger partial charge >= 0.3 is 0 Å². The summed E-state index contributed by atoms with van der Waals surface area (Å²) in [5.74, 6) is 1.40. The van der Waals surface area contributed by atoms with Gasteiger partial charge in [-0.25, -0.2) is 0 Å². The minimum Gasteiger partial charge on any atom is -0.496 e. The molecule has 0 fully saturated rings. The molecule has 1 aromatic rings. The van der Waals surface area contributed by atoms with E-state index in [0.29, 0.717) is 11.3 Å². The van der Waals surface area contributed by atoms with Crippen LogP contribution < -0.4 is 9.47 Å². The van der Waals surface area contributed by atoms with Crippen molar-refractivity contribution in [1.29, 1.82) is 0 Å². The lowest BCUT2D eigenvalue weighted by molar-refractivity contribution is 0.321. The summed E-state index contributed by atoms with van der Waals surface area (Å²) >= 11 is 0.